The average Bonchev–Trinajstić information content (AvgIpc) is 2.53. The Morgan fingerprint density at radius 1 is 1.12 bits per heavy atom. The van der Waals surface area contributed by atoms with Crippen LogP contribution in [-0.2, 0) is 5.41 Å². The van der Waals surface area contributed by atoms with E-state index in [1.807, 2.05) is 26.0 Å². The maximum atomic E-state index is 6.03. The smallest absolute Gasteiger partial charge is 0.0406 e. The molecule has 1 unspecified atom stereocenters. The number of likely N-dealkylation sites (N-methyl/N-ethyl adjacent to an activating group) is 1. The highest BCUT2D eigenvalue weighted by Gasteiger charge is 2.27. The number of allylic oxidation sites excluding steroid dienone is 1. The number of benzene rings is 1. The highest BCUT2D eigenvalue weighted by molar-refractivity contribution is 6.30. The van der Waals surface area contributed by atoms with Crippen molar-refractivity contribution >= 4 is 11.6 Å². The third-order valence-electron chi connectivity index (χ3n) is 4.26. The van der Waals surface area contributed by atoms with E-state index in [-0.39, 0.29) is 5.41 Å². The van der Waals surface area contributed by atoms with Crippen molar-refractivity contribution in [3.05, 3.63) is 46.5 Å². The predicted molar refractivity (Wildman–Crippen MR) is 111 cm³/mol. The van der Waals surface area contributed by atoms with Gasteiger partial charge in [-0.1, -0.05) is 76.9 Å². The molecule has 0 amide bonds. The molecule has 0 radical (unpaired) electrons. The van der Waals surface area contributed by atoms with E-state index < -0.39 is 0 Å². The van der Waals surface area contributed by atoms with Crippen LogP contribution in [0.15, 0.2) is 35.9 Å². The van der Waals surface area contributed by atoms with Gasteiger partial charge in [0.25, 0.3) is 0 Å². The normalized spacial score (nSPS) is 12.4. The summed E-state index contributed by atoms with van der Waals surface area (Å²) in [5.74, 6) is 0. The summed E-state index contributed by atoms with van der Waals surface area (Å²) in [6.45, 7) is 19.8. The molecule has 1 rings (SSSR count). The van der Waals surface area contributed by atoms with Crippen molar-refractivity contribution in [2.45, 2.75) is 79.7 Å². The van der Waals surface area contributed by atoms with Crippen LogP contribution in [0.1, 0.15) is 73.8 Å². The van der Waals surface area contributed by atoms with Gasteiger partial charge in [0.05, 0.1) is 0 Å². The molecule has 2 heteroatoms. The molecular weight excluding hydrogens is 314 g/mol. The minimum atomic E-state index is 0.127. The van der Waals surface area contributed by atoms with Crippen LogP contribution in [-0.4, -0.2) is 24.0 Å². The van der Waals surface area contributed by atoms with E-state index in [0.717, 1.165) is 24.5 Å². The highest BCUT2D eigenvalue weighted by Crippen LogP contribution is 2.31. The predicted octanol–water partition coefficient (Wildman–Crippen LogP) is 7.10. The van der Waals surface area contributed by atoms with Crippen molar-refractivity contribution in [3.63, 3.8) is 0 Å². The van der Waals surface area contributed by atoms with Crippen molar-refractivity contribution in [1.82, 2.24) is 4.90 Å². The lowest BCUT2D eigenvalue weighted by Crippen LogP contribution is -2.39. The van der Waals surface area contributed by atoms with Gasteiger partial charge in [-0.15, -0.1) is 0 Å². The van der Waals surface area contributed by atoms with Crippen LogP contribution in [0.2, 0.25) is 5.02 Å². The average molecular weight is 352 g/mol. The van der Waals surface area contributed by atoms with Gasteiger partial charge in [0.15, 0.2) is 0 Å². The highest BCUT2D eigenvalue weighted by atomic mass is 35.5. The van der Waals surface area contributed by atoms with Crippen molar-refractivity contribution < 1.29 is 0 Å². The van der Waals surface area contributed by atoms with Crippen molar-refractivity contribution in [3.8, 4) is 0 Å². The van der Waals surface area contributed by atoms with Gasteiger partial charge >= 0.3 is 0 Å². The van der Waals surface area contributed by atoms with Gasteiger partial charge in [-0.3, -0.25) is 4.90 Å². The zero-order chi connectivity index (χ0) is 18.8. The maximum absolute atomic E-state index is 6.03. The van der Waals surface area contributed by atoms with E-state index in [1.54, 1.807) is 0 Å². The third-order valence-corrected chi connectivity index (χ3v) is 4.51. The van der Waals surface area contributed by atoms with E-state index in [4.69, 9.17) is 11.6 Å². The zero-order valence-electron chi connectivity index (χ0n) is 17.1. The third kappa shape index (κ3) is 7.85. The lowest BCUT2D eigenvalue weighted by atomic mass is 9.78. The molecule has 0 N–H and O–H groups in total. The van der Waals surface area contributed by atoms with E-state index in [1.165, 1.54) is 17.6 Å². The molecule has 1 nitrogen and oxygen atoms in total. The van der Waals surface area contributed by atoms with Crippen molar-refractivity contribution in [1.29, 1.82) is 0 Å². The minimum Gasteiger partial charge on any atom is -0.297 e. The molecule has 0 saturated heterocycles. The van der Waals surface area contributed by atoms with Crippen LogP contribution >= 0.6 is 11.6 Å². The first-order valence-electron chi connectivity index (χ1n) is 9.45. The van der Waals surface area contributed by atoms with Gasteiger partial charge in [0.1, 0.15) is 0 Å². The SMILES string of the molecule is CC.CCCN(CC)C(C=C(C)C)CC(C)(C)c1ccc(Cl)cc1. The first-order chi connectivity index (χ1) is 11.3. The lowest BCUT2D eigenvalue weighted by molar-refractivity contribution is 0.206. The molecule has 1 atom stereocenters. The summed E-state index contributed by atoms with van der Waals surface area (Å²) in [6.07, 6.45) is 4.74. The van der Waals surface area contributed by atoms with Crippen LogP contribution in [0.3, 0.4) is 0 Å². The Morgan fingerprint density at radius 2 is 1.67 bits per heavy atom. The fraction of sp³-hybridized carbons (Fsp3) is 0.636. The molecule has 24 heavy (non-hydrogen) atoms. The van der Waals surface area contributed by atoms with Gasteiger partial charge in [0.2, 0.25) is 0 Å². The molecule has 0 aliphatic rings. The topological polar surface area (TPSA) is 3.24 Å². The van der Waals surface area contributed by atoms with Crippen molar-refractivity contribution in [2.24, 2.45) is 0 Å². The molecular formula is C22H38ClN. The molecule has 0 spiro atoms. The summed E-state index contributed by atoms with van der Waals surface area (Å²) in [7, 11) is 0. The number of hydrogen-bond donors (Lipinski definition) is 0. The number of hydrogen-bond acceptors (Lipinski definition) is 1. The number of halogens is 1. The molecule has 1 aromatic rings. The van der Waals surface area contributed by atoms with Gasteiger partial charge in [-0.25, -0.2) is 0 Å². The Bertz CT molecular complexity index is 469. The van der Waals surface area contributed by atoms with Gasteiger partial charge in [0, 0.05) is 11.1 Å². The molecule has 0 aliphatic heterocycles. The summed E-state index contributed by atoms with van der Waals surface area (Å²) in [5, 5.41) is 0.807. The first-order valence-corrected chi connectivity index (χ1v) is 9.83. The summed E-state index contributed by atoms with van der Waals surface area (Å²) < 4.78 is 0. The van der Waals surface area contributed by atoms with Crippen LogP contribution in [0.4, 0.5) is 0 Å². The molecule has 1 aromatic carbocycles. The number of rotatable bonds is 8. The molecule has 0 aromatic heterocycles. The molecule has 0 aliphatic carbocycles. The summed E-state index contributed by atoms with van der Waals surface area (Å²) >= 11 is 6.03. The van der Waals surface area contributed by atoms with Crippen LogP contribution in [0.5, 0.6) is 0 Å². The van der Waals surface area contributed by atoms with Crippen LogP contribution < -0.4 is 0 Å². The quantitative estimate of drug-likeness (QED) is 0.451. The Labute approximate surface area is 156 Å². The fourth-order valence-corrected chi connectivity index (χ4v) is 3.19. The summed E-state index contributed by atoms with van der Waals surface area (Å²) in [4.78, 5) is 2.59. The molecule has 0 fully saturated rings. The maximum Gasteiger partial charge on any atom is 0.0406 e. The van der Waals surface area contributed by atoms with Crippen LogP contribution in [0.25, 0.3) is 0 Å². The van der Waals surface area contributed by atoms with E-state index >= 15 is 0 Å². The standard InChI is InChI=1S/C20H32ClN.C2H6/c1-7-13-22(8-2)19(14-16(3)4)15-20(5,6)17-9-11-18(21)12-10-17;1-2/h9-12,14,19H,7-8,13,15H2,1-6H3;1-2H3. The summed E-state index contributed by atoms with van der Waals surface area (Å²) in [6, 6.07) is 8.81. The largest absolute Gasteiger partial charge is 0.297 e. The van der Waals surface area contributed by atoms with E-state index in [2.05, 4.69) is 64.7 Å². The van der Waals surface area contributed by atoms with E-state index in [0.29, 0.717) is 6.04 Å². The second kappa shape index (κ2) is 11.7. The Morgan fingerprint density at radius 3 is 2.08 bits per heavy atom. The molecule has 0 saturated carbocycles. The second-order valence-corrected chi connectivity index (χ2v) is 7.47. The van der Waals surface area contributed by atoms with Crippen molar-refractivity contribution in [2.75, 3.05) is 13.1 Å². The Hall–Kier alpha value is -0.790. The molecule has 0 heterocycles. The van der Waals surface area contributed by atoms with Gasteiger partial charge in [-0.2, -0.15) is 0 Å². The molecule has 0 bridgehead atoms. The van der Waals surface area contributed by atoms with E-state index in [9.17, 15) is 0 Å². The minimum absolute atomic E-state index is 0.127. The Kier molecular flexibility index (Phi) is 11.3. The number of nitrogens with zero attached hydrogens (tertiary/aromatic N) is 1. The Balaban J connectivity index is 0.00000254. The first kappa shape index (κ1) is 23.2. The zero-order valence-corrected chi connectivity index (χ0v) is 17.9. The molecule has 138 valence electrons. The lowest BCUT2D eigenvalue weighted by Gasteiger charge is -2.36. The van der Waals surface area contributed by atoms with Gasteiger partial charge < -0.3 is 0 Å². The van der Waals surface area contributed by atoms with Crippen LogP contribution in [0, 0.1) is 0 Å². The fourth-order valence-electron chi connectivity index (χ4n) is 3.07. The summed E-state index contributed by atoms with van der Waals surface area (Å²) in [5.41, 5.74) is 2.88. The van der Waals surface area contributed by atoms with Gasteiger partial charge in [-0.05, 0) is 62.9 Å². The second-order valence-electron chi connectivity index (χ2n) is 7.03. The monoisotopic (exact) mass is 351 g/mol.